The standard InChI is InChI=1S/C25H35N5O3/c31-24(32)18-28-25-26-16-21(17-27-25)19-29-10-4-14-33-23-7-3-5-20(15-23)8-9-22-6-1-2-11-30(22)13-12-29/h3,5,7,15-17,22H,1-2,4,6,8-14,18-19H2,(H,31,32)(H,26,27,28). The summed E-state index contributed by atoms with van der Waals surface area (Å²) in [6, 6.07) is 9.23. The van der Waals surface area contributed by atoms with Gasteiger partial charge in [-0.15, -0.1) is 0 Å². The largest absolute Gasteiger partial charge is 0.494 e. The SMILES string of the molecule is O=C(O)CNc1ncc(CN2CCCOc3cccc(c3)CCC3CCCCN3CC2)cn1. The van der Waals surface area contributed by atoms with Crippen molar-refractivity contribution in [3.8, 4) is 5.75 Å². The van der Waals surface area contributed by atoms with Crippen LogP contribution in [0.15, 0.2) is 36.7 Å². The summed E-state index contributed by atoms with van der Waals surface area (Å²) in [5.74, 6) is 0.377. The van der Waals surface area contributed by atoms with Gasteiger partial charge in [-0.1, -0.05) is 18.6 Å². The van der Waals surface area contributed by atoms with Gasteiger partial charge in [0.1, 0.15) is 12.3 Å². The molecule has 33 heavy (non-hydrogen) atoms. The molecule has 0 amide bonds. The molecule has 2 N–H and O–H groups in total. The van der Waals surface area contributed by atoms with Crippen molar-refractivity contribution >= 4 is 11.9 Å². The normalized spacial score (nSPS) is 20.8. The number of piperidine rings is 1. The number of aryl methyl sites for hydroxylation is 1. The summed E-state index contributed by atoms with van der Waals surface area (Å²) in [6.45, 7) is 5.48. The molecular formula is C25H35N5O3. The number of aliphatic carboxylic acids is 1. The third-order valence-electron chi connectivity index (χ3n) is 6.51. The number of carbonyl (C=O) groups is 1. The fourth-order valence-corrected chi connectivity index (χ4v) is 4.76. The Balaban J connectivity index is 1.41. The minimum Gasteiger partial charge on any atom is -0.494 e. The Hall–Kier alpha value is -2.71. The molecule has 0 radical (unpaired) electrons. The monoisotopic (exact) mass is 453 g/mol. The van der Waals surface area contributed by atoms with Crippen LogP contribution in [0.5, 0.6) is 5.75 Å². The molecule has 178 valence electrons. The van der Waals surface area contributed by atoms with Gasteiger partial charge >= 0.3 is 5.97 Å². The van der Waals surface area contributed by atoms with Crippen molar-refractivity contribution in [2.75, 3.05) is 44.6 Å². The van der Waals surface area contributed by atoms with Crippen LogP contribution in [0.1, 0.15) is 43.2 Å². The lowest BCUT2D eigenvalue weighted by Gasteiger charge is -2.37. The summed E-state index contributed by atoms with van der Waals surface area (Å²) in [5.41, 5.74) is 2.40. The van der Waals surface area contributed by atoms with Gasteiger partial charge < -0.3 is 15.2 Å². The smallest absolute Gasteiger partial charge is 0.322 e. The molecule has 1 aromatic heterocycles. The molecule has 1 fully saturated rings. The van der Waals surface area contributed by atoms with Crippen LogP contribution in [-0.2, 0) is 17.8 Å². The van der Waals surface area contributed by atoms with Crippen molar-refractivity contribution in [1.29, 1.82) is 0 Å². The summed E-state index contributed by atoms with van der Waals surface area (Å²) in [4.78, 5) is 24.4. The van der Waals surface area contributed by atoms with E-state index >= 15 is 0 Å². The number of carboxylic acids is 1. The predicted octanol–water partition coefficient (Wildman–Crippen LogP) is 3.04. The summed E-state index contributed by atoms with van der Waals surface area (Å²) in [5, 5.41) is 11.5. The molecule has 1 saturated heterocycles. The van der Waals surface area contributed by atoms with Crippen molar-refractivity contribution in [3.63, 3.8) is 0 Å². The Labute approximate surface area is 196 Å². The van der Waals surface area contributed by atoms with E-state index in [0.717, 1.165) is 50.3 Å². The van der Waals surface area contributed by atoms with Crippen LogP contribution in [0.2, 0.25) is 0 Å². The van der Waals surface area contributed by atoms with Gasteiger partial charge in [0.15, 0.2) is 0 Å². The van der Waals surface area contributed by atoms with Crippen molar-refractivity contribution in [1.82, 2.24) is 19.8 Å². The third kappa shape index (κ3) is 7.40. The van der Waals surface area contributed by atoms with Crippen LogP contribution in [0.3, 0.4) is 0 Å². The van der Waals surface area contributed by atoms with Gasteiger partial charge in [0.2, 0.25) is 5.95 Å². The zero-order chi connectivity index (χ0) is 22.9. The molecule has 1 atom stereocenters. The van der Waals surface area contributed by atoms with Gasteiger partial charge in [-0.05, 0) is 56.3 Å². The quantitative estimate of drug-likeness (QED) is 0.714. The van der Waals surface area contributed by atoms with E-state index in [1.54, 1.807) is 12.4 Å². The van der Waals surface area contributed by atoms with Crippen molar-refractivity contribution < 1.29 is 14.6 Å². The molecule has 3 heterocycles. The summed E-state index contributed by atoms with van der Waals surface area (Å²) in [7, 11) is 0. The summed E-state index contributed by atoms with van der Waals surface area (Å²) in [6.07, 6.45) is 10.7. The second-order valence-corrected chi connectivity index (χ2v) is 9.01. The fourth-order valence-electron chi connectivity index (χ4n) is 4.76. The van der Waals surface area contributed by atoms with E-state index in [4.69, 9.17) is 9.84 Å². The van der Waals surface area contributed by atoms with Crippen LogP contribution in [-0.4, -0.2) is 76.2 Å². The number of aromatic nitrogens is 2. The zero-order valence-corrected chi connectivity index (χ0v) is 19.3. The van der Waals surface area contributed by atoms with Crippen molar-refractivity contribution in [3.05, 3.63) is 47.8 Å². The third-order valence-corrected chi connectivity index (χ3v) is 6.51. The molecule has 1 aromatic carbocycles. The van der Waals surface area contributed by atoms with Gasteiger partial charge in [-0.25, -0.2) is 9.97 Å². The van der Waals surface area contributed by atoms with Crippen LogP contribution >= 0.6 is 0 Å². The lowest BCUT2D eigenvalue weighted by Crippen LogP contribution is -2.44. The van der Waals surface area contributed by atoms with E-state index in [1.165, 1.54) is 37.8 Å². The number of nitrogens with zero attached hydrogens (tertiary/aromatic N) is 4. The van der Waals surface area contributed by atoms with Crippen LogP contribution < -0.4 is 10.1 Å². The van der Waals surface area contributed by atoms with Crippen LogP contribution in [0.25, 0.3) is 0 Å². The Kier molecular flexibility index (Phi) is 8.49. The Morgan fingerprint density at radius 1 is 1.09 bits per heavy atom. The molecule has 8 heteroatoms. The number of fused-ring (bicyclic) bond motifs is 3. The maximum atomic E-state index is 10.7. The maximum absolute atomic E-state index is 10.7. The highest BCUT2D eigenvalue weighted by atomic mass is 16.5. The topological polar surface area (TPSA) is 90.8 Å². The molecule has 0 aliphatic carbocycles. The Bertz CT molecular complexity index is 892. The Morgan fingerprint density at radius 3 is 2.82 bits per heavy atom. The Morgan fingerprint density at radius 2 is 1.97 bits per heavy atom. The first kappa shape index (κ1) is 23.4. The van der Waals surface area contributed by atoms with E-state index in [0.29, 0.717) is 18.6 Å². The second kappa shape index (κ2) is 12.0. The van der Waals surface area contributed by atoms with Gasteiger partial charge in [0.05, 0.1) is 6.61 Å². The molecular weight excluding hydrogens is 418 g/mol. The minimum atomic E-state index is -0.932. The number of hydrogen-bond acceptors (Lipinski definition) is 7. The number of rotatable bonds is 5. The predicted molar refractivity (Wildman–Crippen MR) is 128 cm³/mol. The van der Waals surface area contributed by atoms with E-state index in [2.05, 4.69) is 49.4 Å². The maximum Gasteiger partial charge on any atom is 0.322 e. The first-order chi connectivity index (χ1) is 16.2. The van der Waals surface area contributed by atoms with E-state index in [1.807, 2.05) is 0 Å². The molecule has 2 bridgehead atoms. The lowest BCUT2D eigenvalue weighted by molar-refractivity contribution is -0.134. The molecule has 0 spiro atoms. The number of nitrogens with one attached hydrogen (secondary N) is 1. The van der Waals surface area contributed by atoms with Crippen LogP contribution in [0, 0.1) is 0 Å². The number of anilines is 1. The first-order valence-corrected chi connectivity index (χ1v) is 12.1. The zero-order valence-electron chi connectivity index (χ0n) is 19.3. The highest BCUT2D eigenvalue weighted by Crippen LogP contribution is 2.23. The highest BCUT2D eigenvalue weighted by Gasteiger charge is 2.23. The van der Waals surface area contributed by atoms with Crippen molar-refractivity contribution in [2.45, 2.75) is 51.1 Å². The molecule has 8 nitrogen and oxygen atoms in total. The lowest BCUT2D eigenvalue weighted by atomic mass is 9.95. The summed E-state index contributed by atoms with van der Waals surface area (Å²) < 4.78 is 6.04. The van der Waals surface area contributed by atoms with Crippen molar-refractivity contribution in [2.24, 2.45) is 0 Å². The van der Waals surface area contributed by atoms with Gasteiger partial charge in [-0.3, -0.25) is 14.6 Å². The molecule has 4 rings (SSSR count). The molecule has 0 saturated carbocycles. The van der Waals surface area contributed by atoms with Crippen LogP contribution in [0.4, 0.5) is 5.95 Å². The molecule has 2 aromatic rings. The number of carboxylic acid groups (broad SMARTS) is 1. The summed E-state index contributed by atoms with van der Waals surface area (Å²) >= 11 is 0. The highest BCUT2D eigenvalue weighted by molar-refractivity contribution is 5.71. The number of ether oxygens (including phenoxy) is 1. The van der Waals surface area contributed by atoms with Gasteiger partial charge in [0.25, 0.3) is 0 Å². The molecule has 1 unspecified atom stereocenters. The van der Waals surface area contributed by atoms with E-state index in [-0.39, 0.29) is 6.54 Å². The minimum absolute atomic E-state index is 0.189. The fraction of sp³-hybridized carbons (Fsp3) is 0.560. The van der Waals surface area contributed by atoms with E-state index < -0.39 is 5.97 Å². The van der Waals surface area contributed by atoms with E-state index in [9.17, 15) is 4.79 Å². The van der Waals surface area contributed by atoms with Gasteiger partial charge in [-0.2, -0.15) is 0 Å². The molecule has 2 aliphatic rings. The average Bonchev–Trinajstić information content (AvgIpc) is 2.83. The average molecular weight is 454 g/mol. The molecule has 2 aliphatic heterocycles. The number of hydrogen-bond donors (Lipinski definition) is 2. The first-order valence-electron chi connectivity index (χ1n) is 12.1. The van der Waals surface area contributed by atoms with Gasteiger partial charge in [0, 0.05) is 50.2 Å². The number of benzene rings is 1. The second-order valence-electron chi connectivity index (χ2n) is 9.01.